The SMILES string of the molecule is C[C@@H]1CN2N=C(Cl)C=C(C(=O)N[C@H](C)c3cccc(C(F)(F)F)c3F)C2=N1. The molecule has 2 aliphatic heterocycles. The molecule has 1 N–H and O–H groups in total. The Morgan fingerprint density at radius 3 is 2.78 bits per heavy atom. The number of halogens is 5. The zero-order valence-corrected chi connectivity index (χ0v) is 15.1. The summed E-state index contributed by atoms with van der Waals surface area (Å²) in [5.74, 6) is -1.73. The van der Waals surface area contributed by atoms with Crippen LogP contribution < -0.4 is 5.32 Å². The van der Waals surface area contributed by atoms with Crippen LogP contribution in [0.2, 0.25) is 0 Å². The molecular formula is C17H15ClF4N4O. The van der Waals surface area contributed by atoms with Crippen molar-refractivity contribution in [1.82, 2.24) is 10.3 Å². The number of alkyl halides is 3. The van der Waals surface area contributed by atoms with Gasteiger partial charge in [-0.3, -0.25) is 9.79 Å². The van der Waals surface area contributed by atoms with Gasteiger partial charge in [-0.15, -0.1) is 0 Å². The lowest BCUT2D eigenvalue weighted by molar-refractivity contribution is -0.140. The maximum Gasteiger partial charge on any atom is 0.419 e. The summed E-state index contributed by atoms with van der Waals surface area (Å²) in [7, 11) is 0. The minimum Gasteiger partial charge on any atom is -0.345 e. The summed E-state index contributed by atoms with van der Waals surface area (Å²) in [5.41, 5.74) is -1.53. The molecule has 2 aliphatic rings. The Morgan fingerprint density at radius 1 is 1.41 bits per heavy atom. The second kappa shape index (κ2) is 6.95. The fourth-order valence-corrected chi connectivity index (χ4v) is 3.10. The molecule has 2 atom stereocenters. The van der Waals surface area contributed by atoms with Crippen molar-refractivity contribution in [2.45, 2.75) is 32.1 Å². The third-order valence-electron chi connectivity index (χ3n) is 4.14. The molecule has 1 aromatic carbocycles. The second-order valence-electron chi connectivity index (χ2n) is 6.27. The summed E-state index contributed by atoms with van der Waals surface area (Å²) in [4.78, 5) is 16.9. The molecule has 0 bridgehead atoms. The quantitative estimate of drug-likeness (QED) is 0.785. The molecule has 144 valence electrons. The van der Waals surface area contributed by atoms with E-state index in [1.807, 2.05) is 6.92 Å². The van der Waals surface area contributed by atoms with Crippen molar-refractivity contribution < 1.29 is 22.4 Å². The maximum atomic E-state index is 14.3. The van der Waals surface area contributed by atoms with Crippen molar-refractivity contribution in [3.05, 3.63) is 46.8 Å². The number of nitrogens with one attached hydrogen (secondary N) is 1. The van der Waals surface area contributed by atoms with Crippen molar-refractivity contribution in [2.24, 2.45) is 10.1 Å². The van der Waals surface area contributed by atoms with E-state index in [9.17, 15) is 22.4 Å². The minimum absolute atomic E-state index is 0.0751. The fourth-order valence-electron chi connectivity index (χ4n) is 2.90. The first-order chi connectivity index (χ1) is 12.6. The third-order valence-corrected chi connectivity index (χ3v) is 4.32. The average molecular weight is 403 g/mol. The van der Waals surface area contributed by atoms with Gasteiger partial charge in [-0.2, -0.15) is 18.3 Å². The number of hydrogen-bond acceptors (Lipinski definition) is 4. The molecule has 3 rings (SSSR count). The molecule has 27 heavy (non-hydrogen) atoms. The number of carbonyl (C=O) groups is 1. The zero-order chi connectivity index (χ0) is 19.9. The van der Waals surface area contributed by atoms with Gasteiger partial charge in [-0.05, 0) is 26.0 Å². The average Bonchev–Trinajstić information content (AvgIpc) is 2.92. The Hall–Kier alpha value is -2.42. The number of fused-ring (bicyclic) bond motifs is 1. The van der Waals surface area contributed by atoms with E-state index < -0.39 is 29.5 Å². The van der Waals surface area contributed by atoms with Crippen molar-refractivity contribution in [1.29, 1.82) is 0 Å². The van der Waals surface area contributed by atoms with Crippen LogP contribution >= 0.6 is 11.6 Å². The van der Waals surface area contributed by atoms with Gasteiger partial charge in [0.2, 0.25) is 0 Å². The largest absolute Gasteiger partial charge is 0.419 e. The highest BCUT2D eigenvalue weighted by Crippen LogP contribution is 2.34. The Kier molecular flexibility index (Phi) is 4.98. The number of hydrazone groups is 1. The summed E-state index contributed by atoms with van der Waals surface area (Å²) >= 11 is 5.93. The lowest BCUT2D eigenvalue weighted by Gasteiger charge is -2.22. The molecule has 1 aromatic rings. The van der Waals surface area contributed by atoms with E-state index in [0.717, 1.165) is 6.07 Å². The van der Waals surface area contributed by atoms with Crippen LogP contribution in [-0.4, -0.2) is 34.5 Å². The van der Waals surface area contributed by atoms with E-state index in [1.54, 1.807) is 0 Å². The zero-order valence-electron chi connectivity index (χ0n) is 14.3. The number of rotatable bonds is 3. The summed E-state index contributed by atoms with van der Waals surface area (Å²) in [6.45, 7) is 3.69. The highest BCUT2D eigenvalue weighted by Gasteiger charge is 2.36. The number of aliphatic imine (C=N–C) groups is 1. The molecular weight excluding hydrogens is 388 g/mol. The molecule has 0 aromatic heterocycles. The van der Waals surface area contributed by atoms with Crippen LogP contribution in [0.5, 0.6) is 0 Å². The van der Waals surface area contributed by atoms with Gasteiger partial charge in [0.15, 0.2) is 11.0 Å². The normalized spacial score (nSPS) is 20.5. The van der Waals surface area contributed by atoms with Crippen LogP contribution in [0.1, 0.15) is 31.0 Å². The number of hydrogen-bond donors (Lipinski definition) is 1. The van der Waals surface area contributed by atoms with Crippen molar-refractivity contribution in [3.8, 4) is 0 Å². The molecule has 0 saturated heterocycles. The number of benzene rings is 1. The third kappa shape index (κ3) is 3.83. The molecule has 1 amide bonds. The smallest absolute Gasteiger partial charge is 0.345 e. The van der Waals surface area contributed by atoms with Gasteiger partial charge in [0.25, 0.3) is 5.91 Å². The van der Waals surface area contributed by atoms with Crippen molar-refractivity contribution >= 4 is 28.5 Å². The van der Waals surface area contributed by atoms with E-state index in [2.05, 4.69) is 15.4 Å². The number of allylic oxidation sites excluding steroid dienone is 1. The van der Waals surface area contributed by atoms with Crippen LogP contribution in [0, 0.1) is 5.82 Å². The molecule has 0 fully saturated rings. The van der Waals surface area contributed by atoms with Gasteiger partial charge in [0.05, 0.1) is 29.8 Å². The molecule has 0 radical (unpaired) electrons. The second-order valence-corrected chi connectivity index (χ2v) is 6.65. The standard InChI is InChI=1S/C17H15ClF4N4O/c1-8-7-26-15(23-8)11(6-13(18)25-26)16(27)24-9(2)10-4-3-5-12(14(10)19)17(20,21)22/h3-6,8-9H,7H2,1-2H3,(H,24,27)/t8-,9-/m1/s1. The predicted molar refractivity (Wildman–Crippen MR) is 92.9 cm³/mol. The van der Waals surface area contributed by atoms with E-state index in [0.29, 0.717) is 18.4 Å². The van der Waals surface area contributed by atoms with Crippen LogP contribution in [0.3, 0.4) is 0 Å². The molecule has 5 nitrogen and oxygen atoms in total. The van der Waals surface area contributed by atoms with Crippen molar-refractivity contribution in [2.75, 3.05) is 6.54 Å². The summed E-state index contributed by atoms with van der Waals surface area (Å²) < 4.78 is 52.9. The monoisotopic (exact) mass is 402 g/mol. The fraction of sp³-hybridized carbons (Fsp3) is 0.353. The molecule has 0 spiro atoms. The maximum absolute atomic E-state index is 14.3. The summed E-state index contributed by atoms with van der Waals surface area (Å²) in [6, 6.07) is 1.84. The van der Waals surface area contributed by atoms with Crippen molar-refractivity contribution in [3.63, 3.8) is 0 Å². The Labute approximate surface area is 157 Å². The van der Waals surface area contributed by atoms with Crippen LogP contribution in [0.4, 0.5) is 17.6 Å². The number of carbonyl (C=O) groups excluding carboxylic acids is 1. The first kappa shape index (κ1) is 19.3. The van der Waals surface area contributed by atoms with E-state index in [1.165, 1.54) is 24.1 Å². The van der Waals surface area contributed by atoms with Gasteiger partial charge < -0.3 is 5.32 Å². The van der Waals surface area contributed by atoms with Gasteiger partial charge in [-0.1, -0.05) is 23.7 Å². The number of amidine groups is 1. The summed E-state index contributed by atoms with van der Waals surface area (Å²) in [6.07, 6.45) is -3.51. The Bertz CT molecular complexity index is 878. The topological polar surface area (TPSA) is 57.1 Å². The first-order valence-corrected chi connectivity index (χ1v) is 8.43. The van der Waals surface area contributed by atoms with Gasteiger partial charge in [0, 0.05) is 5.56 Å². The van der Waals surface area contributed by atoms with Crippen LogP contribution in [-0.2, 0) is 11.0 Å². The minimum atomic E-state index is -4.82. The van der Waals surface area contributed by atoms with Crippen LogP contribution in [0.15, 0.2) is 39.9 Å². The Morgan fingerprint density at radius 2 is 2.11 bits per heavy atom. The van der Waals surface area contributed by atoms with Gasteiger partial charge >= 0.3 is 6.18 Å². The molecule has 0 unspecified atom stereocenters. The lowest BCUT2D eigenvalue weighted by atomic mass is 10.0. The number of nitrogens with zero attached hydrogens (tertiary/aromatic N) is 3. The van der Waals surface area contributed by atoms with Gasteiger partial charge in [0.1, 0.15) is 5.82 Å². The number of amides is 1. The molecule has 0 aliphatic carbocycles. The highest BCUT2D eigenvalue weighted by atomic mass is 35.5. The molecule has 2 heterocycles. The Balaban J connectivity index is 1.85. The molecule has 0 saturated carbocycles. The van der Waals surface area contributed by atoms with Gasteiger partial charge in [-0.25, -0.2) is 9.40 Å². The predicted octanol–water partition coefficient (Wildman–Crippen LogP) is 3.62. The van der Waals surface area contributed by atoms with E-state index >= 15 is 0 Å². The van der Waals surface area contributed by atoms with E-state index in [-0.39, 0.29) is 22.3 Å². The van der Waals surface area contributed by atoms with Crippen LogP contribution in [0.25, 0.3) is 0 Å². The summed E-state index contributed by atoms with van der Waals surface area (Å²) in [5, 5.41) is 8.12. The lowest BCUT2D eigenvalue weighted by Crippen LogP contribution is -2.37. The van der Waals surface area contributed by atoms with E-state index in [4.69, 9.17) is 11.6 Å². The highest BCUT2D eigenvalue weighted by molar-refractivity contribution is 6.69. The molecule has 10 heteroatoms. The first-order valence-electron chi connectivity index (χ1n) is 8.06.